The Bertz CT molecular complexity index is 884. The van der Waals surface area contributed by atoms with Crippen molar-refractivity contribution in [3.05, 3.63) is 35.1 Å². The molecule has 2 aromatic rings. The predicted octanol–water partition coefficient (Wildman–Crippen LogP) is 2.35. The van der Waals surface area contributed by atoms with Gasteiger partial charge in [-0.05, 0) is 38.3 Å². The van der Waals surface area contributed by atoms with Gasteiger partial charge in [-0.15, -0.1) is 11.3 Å². The average Bonchev–Trinajstić information content (AvgIpc) is 3.12. The van der Waals surface area contributed by atoms with E-state index in [1.165, 1.54) is 11.3 Å². The molecule has 9 heteroatoms. The van der Waals surface area contributed by atoms with Crippen LogP contribution in [0.3, 0.4) is 0 Å². The number of aryl methyl sites for hydroxylation is 1. The maximum absolute atomic E-state index is 13.1. The normalized spacial score (nSPS) is 16.4. The van der Waals surface area contributed by atoms with Crippen LogP contribution in [0.25, 0.3) is 10.6 Å². The Labute approximate surface area is 173 Å². The second kappa shape index (κ2) is 9.60. The first-order valence-corrected chi connectivity index (χ1v) is 10.4. The zero-order chi connectivity index (χ0) is 20.8. The lowest BCUT2D eigenvalue weighted by atomic mass is 9.97. The molecule has 3 heterocycles. The molecule has 0 aromatic carbocycles. The summed E-state index contributed by atoms with van der Waals surface area (Å²) in [7, 11) is 0. The quantitative estimate of drug-likeness (QED) is 0.670. The van der Waals surface area contributed by atoms with Crippen LogP contribution < -0.4 is 5.32 Å². The van der Waals surface area contributed by atoms with Gasteiger partial charge in [-0.25, -0.2) is 4.98 Å². The number of pyridine rings is 1. The first-order valence-electron chi connectivity index (χ1n) is 9.62. The summed E-state index contributed by atoms with van der Waals surface area (Å²) in [5, 5.41) is 12.2. The minimum Gasteiger partial charge on any atom is -0.481 e. The number of hydrogen-bond donors (Lipinski definition) is 2. The van der Waals surface area contributed by atoms with Gasteiger partial charge in [0, 0.05) is 44.0 Å². The zero-order valence-electron chi connectivity index (χ0n) is 16.3. The Kier molecular flexibility index (Phi) is 6.92. The first-order chi connectivity index (χ1) is 14.0. The molecule has 1 aliphatic rings. The van der Waals surface area contributed by atoms with Gasteiger partial charge in [-0.2, -0.15) is 0 Å². The molecule has 1 aliphatic heterocycles. The lowest BCUT2D eigenvalue weighted by Crippen LogP contribution is -2.45. The third-order valence-electron chi connectivity index (χ3n) is 4.85. The first kappa shape index (κ1) is 20.9. The van der Waals surface area contributed by atoms with E-state index in [1.54, 1.807) is 17.3 Å². The number of nitrogens with zero attached hydrogens (tertiary/aromatic N) is 3. The summed E-state index contributed by atoms with van der Waals surface area (Å²) in [6, 6.07) is 3.74. The van der Waals surface area contributed by atoms with Gasteiger partial charge in [-0.3, -0.25) is 19.4 Å². The van der Waals surface area contributed by atoms with E-state index in [2.05, 4.69) is 15.3 Å². The number of nitrogens with one attached hydrogen (secondary N) is 1. The highest BCUT2D eigenvalue weighted by Crippen LogP contribution is 2.29. The summed E-state index contributed by atoms with van der Waals surface area (Å²) in [6.07, 6.45) is 5.31. The number of hydrogen-bond acceptors (Lipinski definition) is 6. The lowest BCUT2D eigenvalue weighted by molar-refractivity contribution is -0.137. The van der Waals surface area contributed by atoms with Gasteiger partial charge in [0.1, 0.15) is 9.88 Å². The van der Waals surface area contributed by atoms with Crippen LogP contribution >= 0.6 is 11.3 Å². The Morgan fingerprint density at radius 3 is 2.93 bits per heavy atom. The highest BCUT2D eigenvalue weighted by atomic mass is 32.1. The molecule has 0 radical (unpaired) electrons. The summed E-state index contributed by atoms with van der Waals surface area (Å²) >= 11 is 1.35. The Hall–Kier alpha value is -2.81. The molecule has 2 N–H and O–H groups in total. The van der Waals surface area contributed by atoms with Gasteiger partial charge < -0.3 is 15.3 Å². The number of thiazole rings is 1. The maximum atomic E-state index is 13.1. The average molecular weight is 417 g/mol. The van der Waals surface area contributed by atoms with Crippen molar-refractivity contribution >= 4 is 29.1 Å². The SMILES string of the molecule is Cc1nc(-c2cccnc2)sc1C(=O)N1CCCC(C(=O)NCCCC(=O)O)C1. The number of piperidine rings is 1. The second-order valence-electron chi connectivity index (χ2n) is 7.05. The number of carbonyl (C=O) groups excluding carboxylic acids is 2. The van der Waals surface area contributed by atoms with Crippen LogP contribution in [0.1, 0.15) is 41.0 Å². The van der Waals surface area contributed by atoms with Gasteiger partial charge in [0.05, 0.1) is 11.6 Å². The van der Waals surface area contributed by atoms with Crippen LogP contribution in [0, 0.1) is 12.8 Å². The number of aliphatic carboxylic acids is 1. The van der Waals surface area contributed by atoms with Crippen molar-refractivity contribution in [1.29, 1.82) is 0 Å². The molecule has 154 valence electrons. The molecule has 2 aromatic heterocycles. The van der Waals surface area contributed by atoms with Gasteiger partial charge in [0.15, 0.2) is 0 Å². The number of carboxylic acids is 1. The third-order valence-corrected chi connectivity index (χ3v) is 6.04. The molecule has 1 atom stereocenters. The summed E-state index contributed by atoms with van der Waals surface area (Å²) < 4.78 is 0. The van der Waals surface area contributed by atoms with Crippen LogP contribution in [-0.2, 0) is 9.59 Å². The van der Waals surface area contributed by atoms with E-state index in [-0.39, 0.29) is 24.2 Å². The van der Waals surface area contributed by atoms with Crippen LogP contribution in [0.5, 0.6) is 0 Å². The predicted molar refractivity (Wildman–Crippen MR) is 109 cm³/mol. The lowest BCUT2D eigenvalue weighted by Gasteiger charge is -2.31. The van der Waals surface area contributed by atoms with E-state index in [9.17, 15) is 14.4 Å². The number of rotatable bonds is 7. The number of carboxylic acid groups (broad SMARTS) is 1. The molecule has 1 fully saturated rings. The Morgan fingerprint density at radius 1 is 1.38 bits per heavy atom. The van der Waals surface area contributed by atoms with Crippen molar-refractivity contribution in [3.63, 3.8) is 0 Å². The standard InChI is InChI=1S/C20H24N4O4S/c1-13-17(29-19(23-13)14-5-2-8-21-11-14)20(28)24-10-4-6-15(12-24)18(27)22-9-3-7-16(25)26/h2,5,8,11,15H,3-4,6-7,9-10,12H2,1H3,(H,22,27)(H,25,26). The van der Waals surface area contributed by atoms with E-state index in [1.807, 2.05) is 19.1 Å². The Morgan fingerprint density at radius 2 is 2.21 bits per heavy atom. The van der Waals surface area contributed by atoms with Gasteiger partial charge >= 0.3 is 5.97 Å². The van der Waals surface area contributed by atoms with Crippen molar-refractivity contribution in [2.45, 2.75) is 32.6 Å². The molecule has 1 unspecified atom stereocenters. The molecular formula is C20H24N4O4S. The molecular weight excluding hydrogens is 392 g/mol. The molecule has 3 rings (SSSR count). The summed E-state index contributed by atoms with van der Waals surface area (Å²) in [5.41, 5.74) is 1.55. The van der Waals surface area contributed by atoms with Gasteiger partial charge in [0.25, 0.3) is 5.91 Å². The monoisotopic (exact) mass is 416 g/mol. The van der Waals surface area contributed by atoms with Crippen LogP contribution in [0.4, 0.5) is 0 Å². The highest BCUT2D eigenvalue weighted by Gasteiger charge is 2.30. The largest absolute Gasteiger partial charge is 0.481 e. The second-order valence-corrected chi connectivity index (χ2v) is 8.05. The molecule has 1 saturated heterocycles. The van der Waals surface area contributed by atoms with E-state index in [4.69, 9.17) is 5.11 Å². The molecule has 0 spiro atoms. The summed E-state index contributed by atoms with van der Waals surface area (Å²) in [4.78, 5) is 46.9. The Balaban J connectivity index is 1.62. The topological polar surface area (TPSA) is 112 Å². The van der Waals surface area contributed by atoms with E-state index in [0.717, 1.165) is 23.4 Å². The van der Waals surface area contributed by atoms with E-state index in [0.29, 0.717) is 36.6 Å². The third kappa shape index (κ3) is 5.38. The van der Waals surface area contributed by atoms with Crippen molar-refractivity contribution in [1.82, 2.24) is 20.2 Å². The van der Waals surface area contributed by atoms with Gasteiger partial charge in [0.2, 0.25) is 5.91 Å². The number of aromatic nitrogens is 2. The van der Waals surface area contributed by atoms with Crippen molar-refractivity contribution in [2.24, 2.45) is 5.92 Å². The number of likely N-dealkylation sites (tertiary alicyclic amines) is 1. The van der Waals surface area contributed by atoms with Crippen LogP contribution in [0.2, 0.25) is 0 Å². The number of carbonyl (C=O) groups is 3. The molecule has 2 amide bonds. The fourth-order valence-electron chi connectivity index (χ4n) is 3.32. The molecule has 29 heavy (non-hydrogen) atoms. The highest BCUT2D eigenvalue weighted by molar-refractivity contribution is 7.17. The minimum atomic E-state index is -0.876. The van der Waals surface area contributed by atoms with Crippen molar-refractivity contribution in [3.8, 4) is 10.6 Å². The minimum absolute atomic E-state index is 0.0273. The fourth-order valence-corrected chi connectivity index (χ4v) is 4.35. The number of amides is 2. The summed E-state index contributed by atoms with van der Waals surface area (Å²) in [5.74, 6) is -1.37. The molecule has 0 bridgehead atoms. The molecule has 0 aliphatic carbocycles. The molecule has 8 nitrogen and oxygen atoms in total. The molecule has 0 saturated carbocycles. The smallest absolute Gasteiger partial charge is 0.303 e. The van der Waals surface area contributed by atoms with Crippen molar-refractivity contribution < 1.29 is 19.5 Å². The maximum Gasteiger partial charge on any atom is 0.303 e. The van der Waals surface area contributed by atoms with Gasteiger partial charge in [-0.1, -0.05) is 0 Å². The van der Waals surface area contributed by atoms with Crippen LogP contribution in [-0.4, -0.2) is 57.4 Å². The van der Waals surface area contributed by atoms with Crippen LogP contribution in [0.15, 0.2) is 24.5 Å². The van der Waals surface area contributed by atoms with E-state index < -0.39 is 5.97 Å². The fraction of sp³-hybridized carbons (Fsp3) is 0.450. The van der Waals surface area contributed by atoms with Crippen molar-refractivity contribution in [2.75, 3.05) is 19.6 Å². The van der Waals surface area contributed by atoms with E-state index >= 15 is 0 Å². The summed E-state index contributed by atoms with van der Waals surface area (Å²) in [6.45, 7) is 3.13. The zero-order valence-corrected chi connectivity index (χ0v) is 17.1.